The van der Waals surface area contributed by atoms with E-state index in [0.29, 0.717) is 11.7 Å². The molecule has 0 aliphatic carbocycles. The number of aryl methyl sites for hydroxylation is 1. The normalized spacial score (nSPS) is 18.5. The van der Waals surface area contributed by atoms with Crippen LogP contribution in [0.15, 0.2) is 0 Å². The molecule has 2 heterocycles. The summed E-state index contributed by atoms with van der Waals surface area (Å²) >= 11 is 1.26. The molecular weight excluding hydrogens is 328 g/mol. The Hall–Kier alpha value is -1.10. The van der Waals surface area contributed by atoms with Gasteiger partial charge in [-0.1, -0.05) is 18.3 Å². The zero-order valence-electron chi connectivity index (χ0n) is 12.4. The van der Waals surface area contributed by atoms with Crippen molar-refractivity contribution in [3.63, 3.8) is 0 Å². The molecule has 0 aromatic carbocycles. The van der Waals surface area contributed by atoms with Crippen molar-refractivity contribution in [2.75, 3.05) is 24.2 Å². The number of nitrogens with one attached hydrogen (secondary N) is 2. The van der Waals surface area contributed by atoms with Crippen LogP contribution in [-0.4, -0.2) is 49.5 Å². The third kappa shape index (κ3) is 5.59. The standard InChI is InChI=1S/C12H20N4O4S2/c1-2-4-11-15-16-12(21-11)14-10(17)8-22(18,19)13-7-9-5-3-6-20-9/h9,13H,2-8H2,1H3,(H,14,16,17)/t9-/m1/s1. The molecule has 0 spiro atoms. The predicted octanol–water partition coefficient (Wildman–Crippen LogP) is 0.527. The summed E-state index contributed by atoms with van der Waals surface area (Å²) in [6, 6.07) is 0. The van der Waals surface area contributed by atoms with Crippen molar-refractivity contribution in [3.05, 3.63) is 5.01 Å². The Kier molecular flexibility index (Phi) is 6.24. The van der Waals surface area contributed by atoms with Crippen molar-refractivity contribution in [1.82, 2.24) is 14.9 Å². The fraction of sp³-hybridized carbons (Fsp3) is 0.750. The molecule has 1 atom stereocenters. The molecule has 1 aliphatic heterocycles. The molecule has 0 saturated carbocycles. The highest BCUT2D eigenvalue weighted by atomic mass is 32.2. The molecule has 1 fully saturated rings. The first-order valence-corrected chi connectivity index (χ1v) is 9.66. The van der Waals surface area contributed by atoms with E-state index in [9.17, 15) is 13.2 Å². The highest BCUT2D eigenvalue weighted by Gasteiger charge is 2.21. The van der Waals surface area contributed by atoms with E-state index in [4.69, 9.17) is 4.74 Å². The molecule has 124 valence electrons. The van der Waals surface area contributed by atoms with Crippen LogP contribution in [0.25, 0.3) is 0 Å². The maximum atomic E-state index is 11.8. The van der Waals surface area contributed by atoms with Gasteiger partial charge in [-0.25, -0.2) is 13.1 Å². The van der Waals surface area contributed by atoms with Gasteiger partial charge in [-0.15, -0.1) is 10.2 Å². The lowest BCUT2D eigenvalue weighted by molar-refractivity contribution is -0.113. The van der Waals surface area contributed by atoms with Crippen molar-refractivity contribution in [1.29, 1.82) is 0 Å². The molecule has 1 aromatic heterocycles. The van der Waals surface area contributed by atoms with Gasteiger partial charge in [0.15, 0.2) is 0 Å². The Morgan fingerprint density at radius 2 is 2.27 bits per heavy atom. The SMILES string of the molecule is CCCc1nnc(NC(=O)CS(=O)(=O)NC[C@H]2CCCO2)s1. The van der Waals surface area contributed by atoms with E-state index in [-0.39, 0.29) is 12.6 Å². The average Bonchev–Trinajstić information content (AvgIpc) is 3.08. The molecular formula is C12H20N4O4S2. The van der Waals surface area contributed by atoms with E-state index in [1.807, 2.05) is 6.92 Å². The lowest BCUT2D eigenvalue weighted by Gasteiger charge is -2.10. The van der Waals surface area contributed by atoms with Crippen LogP contribution in [0.4, 0.5) is 5.13 Å². The maximum Gasteiger partial charge on any atom is 0.242 e. The number of carbonyl (C=O) groups excluding carboxylic acids is 1. The summed E-state index contributed by atoms with van der Waals surface area (Å²) in [6.07, 6.45) is 3.39. The fourth-order valence-electron chi connectivity index (χ4n) is 2.02. The topological polar surface area (TPSA) is 110 Å². The van der Waals surface area contributed by atoms with E-state index in [1.165, 1.54) is 11.3 Å². The van der Waals surface area contributed by atoms with Gasteiger partial charge < -0.3 is 4.74 Å². The third-order valence-electron chi connectivity index (χ3n) is 3.05. The molecule has 0 bridgehead atoms. The Balaban J connectivity index is 1.78. The van der Waals surface area contributed by atoms with Gasteiger partial charge in [-0.2, -0.15) is 0 Å². The Labute approximate surface area is 133 Å². The summed E-state index contributed by atoms with van der Waals surface area (Å²) in [4.78, 5) is 11.8. The van der Waals surface area contributed by atoms with Crippen molar-refractivity contribution in [3.8, 4) is 0 Å². The van der Waals surface area contributed by atoms with Crippen molar-refractivity contribution in [2.45, 2.75) is 38.7 Å². The zero-order chi connectivity index (χ0) is 16.0. The fourth-order valence-corrected chi connectivity index (χ4v) is 3.84. The summed E-state index contributed by atoms with van der Waals surface area (Å²) in [5.74, 6) is -1.26. The summed E-state index contributed by atoms with van der Waals surface area (Å²) in [5, 5.41) is 11.3. The number of anilines is 1. The van der Waals surface area contributed by atoms with E-state index in [0.717, 1.165) is 30.7 Å². The molecule has 2 N–H and O–H groups in total. The van der Waals surface area contributed by atoms with Crippen molar-refractivity contribution >= 4 is 32.4 Å². The number of rotatable bonds is 8. The van der Waals surface area contributed by atoms with Gasteiger partial charge in [0.2, 0.25) is 21.1 Å². The van der Waals surface area contributed by atoms with Gasteiger partial charge in [0, 0.05) is 19.6 Å². The number of sulfonamides is 1. The quantitative estimate of drug-likeness (QED) is 0.709. The molecule has 1 aliphatic rings. The van der Waals surface area contributed by atoms with E-state index < -0.39 is 21.7 Å². The zero-order valence-corrected chi connectivity index (χ0v) is 14.0. The number of carbonyl (C=O) groups is 1. The van der Waals surface area contributed by atoms with Gasteiger partial charge in [-0.3, -0.25) is 10.1 Å². The molecule has 8 nitrogen and oxygen atoms in total. The first-order chi connectivity index (χ1) is 10.5. The van der Waals surface area contributed by atoms with Crippen LogP contribution in [-0.2, 0) is 26.0 Å². The van der Waals surface area contributed by atoms with Crippen molar-refractivity contribution < 1.29 is 17.9 Å². The first-order valence-electron chi connectivity index (χ1n) is 7.19. The molecule has 0 unspecified atom stereocenters. The van der Waals surface area contributed by atoms with Crippen LogP contribution in [0.5, 0.6) is 0 Å². The minimum atomic E-state index is -3.68. The lowest BCUT2D eigenvalue weighted by atomic mass is 10.2. The second-order valence-corrected chi connectivity index (χ2v) is 7.91. The molecule has 22 heavy (non-hydrogen) atoms. The highest BCUT2D eigenvalue weighted by Crippen LogP contribution is 2.16. The number of aromatic nitrogens is 2. The van der Waals surface area contributed by atoms with Crippen LogP contribution in [0.1, 0.15) is 31.2 Å². The van der Waals surface area contributed by atoms with Gasteiger partial charge in [0.1, 0.15) is 10.8 Å². The van der Waals surface area contributed by atoms with Crippen LogP contribution in [0.3, 0.4) is 0 Å². The summed E-state index contributed by atoms with van der Waals surface area (Å²) in [7, 11) is -3.68. The van der Waals surface area contributed by atoms with Crippen molar-refractivity contribution in [2.24, 2.45) is 0 Å². The minimum absolute atomic E-state index is 0.0994. The van der Waals surface area contributed by atoms with Gasteiger partial charge >= 0.3 is 0 Å². The number of ether oxygens (including phenoxy) is 1. The molecule has 10 heteroatoms. The molecule has 1 saturated heterocycles. The van der Waals surface area contributed by atoms with E-state index >= 15 is 0 Å². The summed E-state index contributed by atoms with van der Waals surface area (Å²) in [5.41, 5.74) is 0. The number of nitrogens with zero attached hydrogens (tertiary/aromatic N) is 2. The van der Waals surface area contributed by atoms with Gasteiger partial charge in [0.05, 0.1) is 6.10 Å². The first kappa shape index (κ1) is 17.3. The largest absolute Gasteiger partial charge is 0.377 e. The Bertz CT molecular complexity index is 596. The minimum Gasteiger partial charge on any atom is -0.377 e. The molecule has 1 aromatic rings. The molecule has 1 amide bonds. The summed E-state index contributed by atoms with van der Waals surface area (Å²) < 4.78 is 31.4. The monoisotopic (exact) mass is 348 g/mol. The van der Waals surface area contributed by atoms with Crippen LogP contribution >= 0.6 is 11.3 Å². The van der Waals surface area contributed by atoms with Gasteiger partial charge in [0.25, 0.3) is 0 Å². The van der Waals surface area contributed by atoms with Crippen LogP contribution < -0.4 is 10.0 Å². The smallest absolute Gasteiger partial charge is 0.242 e. The lowest BCUT2D eigenvalue weighted by Crippen LogP contribution is -2.37. The Morgan fingerprint density at radius 1 is 1.45 bits per heavy atom. The Morgan fingerprint density at radius 3 is 2.95 bits per heavy atom. The number of hydrogen-bond acceptors (Lipinski definition) is 7. The van der Waals surface area contributed by atoms with Crippen LogP contribution in [0, 0.1) is 0 Å². The van der Waals surface area contributed by atoms with Crippen LogP contribution in [0.2, 0.25) is 0 Å². The second kappa shape index (κ2) is 7.95. The third-order valence-corrected chi connectivity index (χ3v) is 5.20. The number of hydrogen-bond donors (Lipinski definition) is 2. The number of amides is 1. The highest BCUT2D eigenvalue weighted by molar-refractivity contribution is 7.90. The maximum absolute atomic E-state index is 11.8. The van der Waals surface area contributed by atoms with Gasteiger partial charge in [-0.05, 0) is 19.3 Å². The summed E-state index contributed by atoms with van der Waals surface area (Å²) in [6.45, 7) is 2.88. The molecule has 2 rings (SSSR count). The second-order valence-electron chi connectivity index (χ2n) is 5.04. The average molecular weight is 348 g/mol. The van der Waals surface area contributed by atoms with E-state index in [1.54, 1.807) is 0 Å². The van der Waals surface area contributed by atoms with E-state index in [2.05, 4.69) is 20.2 Å². The molecule has 0 radical (unpaired) electrons. The predicted molar refractivity (Wildman–Crippen MR) is 83.3 cm³/mol.